The summed E-state index contributed by atoms with van der Waals surface area (Å²) in [5.41, 5.74) is 1.35. The van der Waals surface area contributed by atoms with Crippen molar-refractivity contribution in [3.05, 3.63) is 69.8 Å². The van der Waals surface area contributed by atoms with E-state index in [1.807, 2.05) is 38.4 Å². The van der Waals surface area contributed by atoms with E-state index < -0.39 is 4.92 Å². The lowest BCUT2D eigenvalue weighted by Gasteiger charge is -2.23. The molecule has 132 valence electrons. The van der Waals surface area contributed by atoms with Gasteiger partial charge in [-0.05, 0) is 24.3 Å². The molecular weight excluding hydrogens is 322 g/mol. The van der Waals surface area contributed by atoms with E-state index in [9.17, 15) is 14.9 Å². The maximum absolute atomic E-state index is 12.3. The fraction of sp³-hybridized carbons (Fsp3) is 0.278. The van der Waals surface area contributed by atoms with Gasteiger partial charge >= 0.3 is 0 Å². The van der Waals surface area contributed by atoms with E-state index >= 15 is 0 Å². The second-order valence-electron chi connectivity index (χ2n) is 5.89. The summed E-state index contributed by atoms with van der Waals surface area (Å²) >= 11 is 0. The monoisotopic (exact) mass is 344 g/mol. The number of para-hydroxylation sites is 1. The van der Waals surface area contributed by atoms with Gasteiger partial charge in [0, 0.05) is 17.7 Å². The molecule has 0 aliphatic rings. The van der Waals surface area contributed by atoms with Crippen LogP contribution >= 0.6 is 0 Å². The third-order valence-corrected chi connectivity index (χ3v) is 4.02. The average molecular weight is 344 g/mol. The highest BCUT2D eigenvalue weighted by atomic mass is 16.6. The Labute approximate surface area is 146 Å². The Morgan fingerprint density at radius 3 is 2.40 bits per heavy atom. The number of nitrogens with zero attached hydrogens (tertiary/aromatic N) is 1. The summed E-state index contributed by atoms with van der Waals surface area (Å²) in [4.78, 5) is 23.7. The minimum Gasteiger partial charge on any atom is -0.496 e. The maximum atomic E-state index is 12.3. The van der Waals surface area contributed by atoms with Crippen molar-refractivity contribution in [3.8, 4) is 5.75 Å². The molecule has 1 atom stereocenters. The van der Waals surface area contributed by atoms with Crippen molar-refractivity contribution in [2.45, 2.75) is 6.04 Å². The Hall–Kier alpha value is -2.93. The van der Waals surface area contributed by atoms with Gasteiger partial charge in [0.2, 0.25) is 0 Å². The van der Waals surface area contributed by atoms with E-state index in [-0.39, 0.29) is 17.6 Å². The van der Waals surface area contributed by atoms with Crippen molar-refractivity contribution in [2.24, 2.45) is 0 Å². The first kappa shape index (κ1) is 18.4. The van der Waals surface area contributed by atoms with Gasteiger partial charge in [0.25, 0.3) is 11.6 Å². The second kappa shape index (κ2) is 8.25. The SMILES string of the molecule is COc1ccccc1[C@H](CNC(=O)c1ccc([N+](=O)[O-])cc1)[NH+](C)C. The van der Waals surface area contributed by atoms with Crippen molar-refractivity contribution in [2.75, 3.05) is 27.7 Å². The number of nitrogens with one attached hydrogen (secondary N) is 2. The Balaban J connectivity index is 2.10. The number of hydrogen-bond donors (Lipinski definition) is 2. The van der Waals surface area contributed by atoms with Crippen LogP contribution in [0.1, 0.15) is 22.0 Å². The lowest BCUT2D eigenvalue weighted by atomic mass is 10.0. The van der Waals surface area contributed by atoms with Crippen LogP contribution < -0.4 is 15.0 Å². The number of nitro groups is 1. The Morgan fingerprint density at radius 2 is 1.84 bits per heavy atom. The molecule has 0 saturated heterocycles. The van der Waals surface area contributed by atoms with E-state index in [2.05, 4.69) is 5.32 Å². The maximum Gasteiger partial charge on any atom is 0.269 e. The molecule has 2 N–H and O–H groups in total. The lowest BCUT2D eigenvalue weighted by Crippen LogP contribution is -3.07. The normalized spacial score (nSPS) is 11.8. The highest BCUT2D eigenvalue weighted by Gasteiger charge is 2.22. The van der Waals surface area contributed by atoms with Gasteiger partial charge in [-0.3, -0.25) is 14.9 Å². The Bertz CT molecular complexity index is 744. The molecule has 0 aliphatic heterocycles. The van der Waals surface area contributed by atoms with Crippen LogP contribution in [-0.4, -0.2) is 38.6 Å². The summed E-state index contributed by atoms with van der Waals surface area (Å²) in [6.45, 7) is 0.415. The molecule has 25 heavy (non-hydrogen) atoms. The first-order chi connectivity index (χ1) is 11.9. The van der Waals surface area contributed by atoms with Gasteiger partial charge in [-0.15, -0.1) is 0 Å². The number of likely N-dealkylation sites (N-methyl/N-ethyl adjacent to an activating group) is 1. The first-order valence-corrected chi connectivity index (χ1v) is 7.89. The van der Waals surface area contributed by atoms with Crippen LogP contribution in [0.2, 0.25) is 0 Å². The van der Waals surface area contributed by atoms with Crippen LogP contribution in [0, 0.1) is 10.1 Å². The van der Waals surface area contributed by atoms with Gasteiger partial charge in [0.15, 0.2) is 0 Å². The minimum absolute atomic E-state index is 0.0122. The molecule has 2 aromatic carbocycles. The third-order valence-electron chi connectivity index (χ3n) is 4.02. The molecule has 2 rings (SSSR count). The van der Waals surface area contributed by atoms with Crippen LogP contribution in [-0.2, 0) is 0 Å². The topological polar surface area (TPSA) is 85.9 Å². The second-order valence-corrected chi connectivity index (χ2v) is 5.89. The fourth-order valence-electron chi connectivity index (χ4n) is 2.61. The third kappa shape index (κ3) is 4.54. The van der Waals surface area contributed by atoms with Gasteiger partial charge in [-0.25, -0.2) is 0 Å². The van der Waals surface area contributed by atoms with Crippen molar-refractivity contribution in [1.29, 1.82) is 0 Å². The van der Waals surface area contributed by atoms with Crippen LogP contribution in [0.4, 0.5) is 5.69 Å². The van der Waals surface area contributed by atoms with Gasteiger partial charge in [0.05, 0.1) is 38.2 Å². The Morgan fingerprint density at radius 1 is 1.20 bits per heavy atom. The molecule has 0 bridgehead atoms. The number of benzene rings is 2. The summed E-state index contributed by atoms with van der Waals surface area (Å²) in [5.74, 6) is 0.509. The molecule has 0 aromatic heterocycles. The molecule has 7 nitrogen and oxygen atoms in total. The van der Waals surface area contributed by atoms with Gasteiger partial charge in [0.1, 0.15) is 11.8 Å². The molecule has 2 aromatic rings. The molecule has 0 fully saturated rings. The highest BCUT2D eigenvalue weighted by Crippen LogP contribution is 2.22. The quantitative estimate of drug-likeness (QED) is 0.584. The van der Waals surface area contributed by atoms with Gasteiger partial charge in [-0.1, -0.05) is 12.1 Å². The molecule has 0 radical (unpaired) electrons. The molecule has 0 unspecified atom stereocenters. The van der Waals surface area contributed by atoms with Crippen molar-refractivity contribution < 1.29 is 19.4 Å². The summed E-state index contributed by atoms with van der Waals surface area (Å²) in [6.07, 6.45) is 0. The summed E-state index contributed by atoms with van der Waals surface area (Å²) < 4.78 is 5.41. The zero-order valence-electron chi connectivity index (χ0n) is 14.5. The summed E-state index contributed by atoms with van der Waals surface area (Å²) in [5, 5.41) is 13.6. The van der Waals surface area contributed by atoms with Gasteiger partial charge < -0.3 is 15.0 Å². The van der Waals surface area contributed by atoms with Crippen molar-refractivity contribution >= 4 is 11.6 Å². The summed E-state index contributed by atoms with van der Waals surface area (Å²) in [7, 11) is 5.64. The largest absolute Gasteiger partial charge is 0.496 e. The number of carbonyl (C=O) groups is 1. The van der Waals surface area contributed by atoms with Crippen LogP contribution in [0.3, 0.4) is 0 Å². The fourth-order valence-corrected chi connectivity index (χ4v) is 2.61. The van der Waals surface area contributed by atoms with Crippen LogP contribution in [0.5, 0.6) is 5.75 Å². The van der Waals surface area contributed by atoms with Crippen molar-refractivity contribution in [3.63, 3.8) is 0 Å². The zero-order chi connectivity index (χ0) is 18.4. The van der Waals surface area contributed by atoms with E-state index in [0.717, 1.165) is 16.2 Å². The predicted molar refractivity (Wildman–Crippen MR) is 94.0 cm³/mol. The number of nitro benzene ring substituents is 1. The first-order valence-electron chi connectivity index (χ1n) is 7.89. The number of ether oxygens (including phenoxy) is 1. The molecule has 0 aliphatic carbocycles. The number of non-ortho nitro benzene ring substituents is 1. The number of quaternary nitrogens is 1. The zero-order valence-corrected chi connectivity index (χ0v) is 14.5. The molecular formula is C18H22N3O4+. The number of amides is 1. The van der Waals surface area contributed by atoms with E-state index in [1.165, 1.54) is 24.3 Å². The van der Waals surface area contributed by atoms with E-state index in [1.54, 1.807) is 7.11 Å². The highest BCUT2D eigenvalue weighted by molar-refractivity contribution is 5.94. The van der Waals surface area contributed by atoms with E-state index in [4.69, 9.17) is 4.74 Å². The number of rotatable bonds is 7. The number of hydrogen-bond acceptors (Lipinski definition) is 4. The standard InChI is InChI=1S/C18H21N3O4/c1-20(2)16(15-6-4-5-7-17(15)25-3)12-19-18(22)13-8-10-14(11-9-13)21(23)24/h4-11,16H,12H2,1-3H3,(H,19,22)/p+1/t16-/m0/s1. The molecule has 0 heterocycles. The molecule has 0 spiro atoms. The molecule has 1 amide bonds. The number of carbonyl (C=O) groups excluding carboxylic acids is 1. The molecule has 7 heteroatoms. The van der Waals surface area contributed by atoms with Crippen LogP contribution in [0.15, 0.2) is 48.5 Å². The lowest BCUT2D eigenvalue weighted by molar-refractivity contribution is -0.890. The summed E-state index contributed by atoms with van der Waals surface area (Å²) in [6, 6.07) is 13.3. The van der Waals surface area contributed by atoms with Crippen LogP contribution in [0.25, 0.3) is 0 Å². The average Bonchev–Trinajstić information content (AvgIpc) is 2.61. The predicted octanol–water partition coefficient (Wildman–Crippen LogP) is 1.22. The van der Waals surface area contributed by atoms with E-state index in [0.29, 0.717) is 12.1 Å². The number of methoxy groups -OCH3 is 1. The minimum atomic E-state index is -0.491. The Kier molecular flexibility index (Phi) is 6.08. The molecule has 0 saturated carbocycles. The van der Waals surface area contributed by atoms with Crippen molar-refractivity contribution in [1.82, 2.24) is 5.32 Å². The smallest absolute Gasteiger partial charge is 0.269 e. The van der Waals surface area contributed by atoms with Gasteiger partial charge in [-0.2, -0.15) is 0 Å².